The Kier molecular flexibility index (Phi) is 7.45. The number of fused-ring (bicyclic) bond motifs is 1. The van der Waals surface area contributed by atoms with Gasteiger partial charge < -0.3 is 25.8 Å². The van der Waals surface area contributed by atoms with E-state index in [1.54, 1.807) is 10.7 Å². The number of carbonyl (C=O) groups excluding carboxylic acids is 1. The number of carbonyl (C=O) groups is 1. The van der Waals surface area contributed by atoms with E-state index in [4.69, 9.17) is 12.1 Å². The number of aromatic nitrogens is 5. The lowest BCUT2D eigenvalue weighted by Gasteiger charge is -2.36. The Bertz CT molecular complexity index is 1220. The minimum absolute atomic E-state index is 0.0267. The summed E-state index contributed by atoms with van der Waals surface area (Å²) in [6.45, 7) is 7.78. The smallest absolute Gasteiger partial charge is 0.243 e. The number of hydrogen-bond acceptors (Lipinski definition) is 9. The Labute approximate surface area is 214 Å². The second-order valence-electron chi connectivity index (χ2n) is 9.70. The van der Waals surface area contributed by atoms with E-state index >= 15 is 0 Å². The van der Waals surface area contributed by atoms with Crippen LogP contribution < -0.4 is 16.0 Å². The monoisotopic (exact) mass is 495 g/mol. The molecule has 0 spiro atoms. The standard InChI is InChI=1S/C25H38N10O/c1-6-7-18(3)29-25-30-22(26)24-28-15-20(35(24)31-25)13-19-12-17(2)23(27-14-19)34-10-8-33(9-11-34)21(36)16-32(4)5/h12,14-15,18H,6-11,13,16H2,1-5H3,(H3,26,29,30,31)/t18-/m0/s1/i3D. The molecule has 194 valence electrons. The Hall–Kier alpha value is -3.47. The van der Waals surface area contributed by atoms with Gasteiger partial charge in [-0.3, -0.25) is 4.79 Å². The van der Waals surface area contributed by atoms with Gasteiger partial charge in [-0.15, -0.1) is 5.10 Å². The third kappa shape index (κ3) is 5.84. The Morgan fingerprint density at radius 1 is 1.25 bits per heavy atom. The quantitative estimate of drug-likeness (QED) is 0.458. The molecule has 1 fully saturated rings. The first-order chi connectivity index (χ1) is 17.8. The lowest BCUT2D eigenvalue weighted by molar-refractivity contribution is -0.132. The van der Waals surface area contributed by atoms with Crippen LogP contribution in [-0.4, -0.2) is 93.1 Å². The molecule has 11 heteroatoms. The predicted octanol–water partition coefficient (Wildman–Crippen LogP) is 1.81. The molecule has 1 aliphatic rings. The number of anilines is 3. The number of rotatable bonds is 9. The van der Waals surface area contributed by atoms with Crippen LogP contribution in [0.4, 0.5) is 17.6 Å². The van der Waals surface area contributed by atoms with Crippen molar-refractivity contribution in [3.05, 3.63) is 35.3 Å². The van der Waals surface area contributed by atoms with Crippen LogP contribution >= 0.6 is 0 Å². The van der Waals surface area contributed by atoms with Crippen molar-refractivity contribution in [1.29, 1.82) is 0 Å². The second-order valence-corrected chi connectivity index (χ2v) is 9.70. The zero-order valence-electron chi connectivity index (χ0n) is 22.7. The van der Waals surface area contributed by atoms with Gasteiger partial charge in [0, 0.05) is 46.2 Å². The van der Waals surface area contributed by atoms with E-state index in [1.165, 1.54) is 0 Å². The SMILES string of the molecule is [2H]C[C@@H](CCC)Nc1nc(N)c2ncc(Cc3cnc(N4CCN(C(=O)CN(C)C)CC4)c(C)c3)n2n1. The first-order valence-corrected chi connectivity index (χ1v) is 12.5. The minimum atomic E-state index is -0.0267. The highest BCUT2D eigenvalue weighted by Crippen LogP contribution is 2.22. The molecule has 4 rings (SSSR count). The Morgan fingerprint density at radius 2 is 2.03 bits per heavy atom. The summed E-state index contributed by atoms with van der Waals surface area (Å²) < 4.78 is 9.48. The van der Waals surface area contributed by atoms with Crippen molar-refractivity contribution in [3.63, 3.8) is 0 Å². The zero-order valence-corrected chi connectivity index (χ0v) is 21.7. The molecule has 1 atom stereocenters. The number of nitrogens with zero attached hydrogens (tertiary/aromatic N) is 8. The fourth-order valence-corrected chi connectivity index (χ4v) is 4.53. The van der Waals surface area contributed by atoms with Gasteiger partial charge in [0.1, 0.15) is 5.82 Å². The number of likely N-dealkylation sites (N-methyl/N-ethyl adjacent to an activating group) is 1. The number of imidazole rings is 1. The summed E-state index contributed by atoms with van der Waals surface area (Å²) in [4.78, 5) is 32.0. The van der Waals surface area contributed by atoms with E-state index < -0.39 is 0 Å². The number of aryl methyl sites for hydroxylation is 1. The molecule has 11 nitrogen and oxygen atoms in total. The molecule has 0 unspecified atom stereocenters. The zero-order chi connectivity index (χ0) is 26.5. The largest absolute Gasteiger partial charge is 0.380 e. The van der Waals surface area contributed by atoms with Gasteiger partial charge in [0.2, 0.25) is 11.9 Å². The van der Waals surface area contributed by atoms with Crippen LogP contribution in [0.5, 0.6) is 0 Å². The van der Waals surface area contributed by atoms with Crippen molar-refractivity contribution in [2.75, 3.05) is 62.8 Å². The van der Waals surface area contributed by atoms with E-state index in [9.17, 15) is 4.79 Å². The molecule has 36 heavy (non-hydrogen) atoms. The number of piperazine rings is 1. The molecule has 1 aliphatic heterocycles. The summed E-state index contributed by atoms with van der Waals surface area (Å²) >= 11 is 0. The summed E-state index contributed by atoms with van der Waals surface area (Å²) in [5.41, 5.74) is 9.70. The van der Waals surface area contributed by atoms with Gasteiger partial charge >= 0.3 is 0 Å². The summed E-state index contributed by atoms with van der Waals surface area (Å²) in [5.74, 6) is 1.83. The van der Waals surface area contributed by atoms with Crippen molar-refractivity contribution >= 4 is 29.1 Å². The van der Waals surface area contributed by atoms with Crippen molar-refractivity contribution in [3.8, 4) is 0 Å². The van der Waals surface area contributed by atoms with E-state index in [0.717, 1.165) is 48.6 Å². The second kappa shape index (κ2) is 11.1. The normalized spacial score (nSPS) is 15.4. The van der Waals surface area contributed by atoms with Gasteiger partial charge in [-0.2, -0.15) is 4.98 Å². The highest BCUT2D eigenvalue weighted by atomic mass is 16.2. The lowest BCUT2D eigenvalue weighted by atomic mass is 10.1. The number of nitrogens with one attached hydrogen (secondary N) is 1. The molecule has 3 aromatic rings. The van der Waals surface area contributed by atoms with Gasteiger partial charge in [0.25, 0.3) is 0 Å². The minimum Gasteiger partial charge on any atom is -0.380 e. The molecule has 0 saturated carbocycles. The molecule has 0 aliphatic carbocycles. The fraction of sp³-hybridized carbons (Fsp3) is 0.560. The summed E-state index contributed by atoms with van der Waals surface area (Å²) in [5, 5.41) is 7.85. The van der Waals surface area contributed by atoms with Gasteiger partial charge in [0.15, 0.2) is 11.5 Å². The van der Waals surface area contributed by atoms with Crippen molar-refractivity contribution in [2.24, 2.45) is 0 Å². The number of nitrogen functional groups attached to an aromatic ring is 1. The summed E-state index contributed by atoms with van der Waals surface area (Å²) in [6.07, 6.45) is 6.09. The third-order valence-electron chi connectivity index (χ3n) is 6.30. The molecule has 3 aromatic heterocycles. The van der Waals surface area contributed by atoms with Crippen LogP contribution in [0.1, 0.15) is 44.9 Å². The van der Waals surface area contributed by atoms with Gasteiger partial charge in [-0.05, 0) is 45.5 Å². The van der Waals surface area contributed by atoms with E-state index in [2.05, 4.69) is 45.2 Å². The predicted molar refractivity (Wildman–Crippen MR) is 142 cm³/mol. The van der Waals surface area contributed by atoms with Crippen LogP contribution in [0.15, 0.2) is 18.5 Å². The van der Waals surface area contributed by atoms with Crippen LogP contribution in [0, 0.1) is 6.92 Å². The topological polar surface area (TPSA) is 121 Å². The molecule has 1 saturated heterocycles. The molecule has 4 heterocycles. The van der Waals surface area contributed by atoms with Crippen molar-refractivity contribution in [1.82, 2.24) is 34.4 Å². The first kappa shape index (κ1) is 24.2. The third-order valence-corrected chi connectivity index (χ3v) is 6.30. The highest BCUT2D eigenvalue weighted by molar-refractivity contribution is 5.78. The van der Waals surface area contributed by atoms with Gasteiger partial charge in [-0.1, -0.05) is 19.4 Å². The Balaban J connectivity index is 1.46. The Morgan fingerprint density at radius 3 is 2.69 bits per heavy atom. The number of pyridine rings is 1. The number of amides is 1. The van der Waals surface area contributed by atoms with Crippen LogP contribution in [0.3, 0.4) is 0 Å². The maximum atomic E-state index is 12.4. The average molecular weight is 496 g/mol. The highest BCUT2D eigenvalue weighted by Gasteiger charge is 2.23. The van der Waals surface area contributed by atoms with Gasteiger partial charge in [-0.25, -0.2) is 14.5 Å². The molecular weight excluding hydrogens is 456 g/mol. The average Bonchev–Trinajstić information content (AvgIpc) is 3.26. The maximum absolute atomic E-state index is 12.4. The number of nitrogens with two attached hydrogens (primary N) is 1. The first-order valence-electron chi connectivity index (χ1n) is 13.2. The number of hydrogen-bond donors (Lipinski definition) is 2. The van der Waals surface area contributed by atoms with Crippen molar-refractivity contribution < 1.29 is 6.17 Å². The molecule has 1 amide bonds. The summed E-state index contributed by atoms with van der Waals surface area (Å²) in [7, 11) is 3.83. The van der Waals surface area contributed by atoms with Crippen LogP contribution in [0.25, 0.3) is 5.65 Å². The fourth-order valence-electron chi connectivity index (χ4n) is 4.53. The summed E-state index contributed by atoms with van der Waals surface area (Å²) in [6, 6.07) is 2.12. The van der Waals surface area contributed by atoms with Gasteiger partial charge in [0.05, 0.1) is 18.4 Å². The lowest BCUT2D eigenvalue weighted by Crippen LogP contribution is -2.51. The van der Waals surface area contributed by atoms with Crippen LogP contribution in [-0.2, 0) is 11.2 Å². The molecule has 0 radical (unpaired) electrons. The van der Waals surface area contributed by atoms with Crippen LogP contribution in [0.2, 0.25) is 0 Å². The van der Waals surface area contributed by atoms with E-state index in [-0.39, 0.29) is 18.8 Å². The van der Waals surface area contributed by atoms with Crippen molar-refractivity contribution in [2.45, 2.75) is 46.1 Å². The molecule has 0 bridgehead atoms. The molecule has 3 N–H and O–H groups in total. The molecule has 0 aromatic carbocycles. The van der Waals surface area contributed by atoms with E-state index in [1.807, 2.05) is 30.1 Å². The molecular formula is C25H38N10O. The van der Waals surface area contributed by atoms with E-state index in [0.29, 0.717) is 43.5 Å². The maximum Gasteiger partial charge on any atom is 0.243 e.